The van der Waals surface area contributed by atoms with Crippen LogP contribution >= 0.6 is 46.4 Å². The molecule has 0 aliphatic rings. The highest BCUT2D eigenvalue weighted by Crippen LogP contribution is 2.40. The minimum atomic E-state index is 0.00434. The Balaban J connectivity index is 2.68. The number of benzene rings is 2. The van der Waals surface area contributed by atoms with Crippen molar-refractivity contribution in [3.63, 3.8) is 0 Å². The van der Waals surface area contributed by atoms with Crippen LogP contribution in [0.25, 0.3) is 11.1 Å². The Morgan fingerprint density at radius 2 is 1.41 bits per heavy atom. The zero-order valence-electron chi connectivity index (χ0n) is 8.35. The molecule has 0 radical (unpaired) electrons. The van der Waals surface area contributed by atoms with Crippen molar-refractivity contribution in [2.24, 2.45) is 0 Å². The summed E-state index contributed by atoms with van der Waals surface area (Å²) in [6.45, 7) is 0. The molecule has 0 heterocycles. The highest BCUT2D eigenvalue weighted by molar-refractivity contribution is 6.46. The summed E-state index contributed by atoms with van der Waals surface area (Å²) in [6.07, 6.45) is 0. The predicted molar refractivity (Wildman–Crippen MR) is 73.6 cm³/mol. The SMILES string of the molecule is Oc1ccc(-c2c(Cl)ccc(Cl)c2Cl)cc1Cl. The van der Waals surface area contributed by atoms with Crippen LogP contribution in [0.5, 0.6) is 5.75 Å². The minimum absolute atomic E-state index is 0.00434. The largest absolute Gasteiger partial charge is 0.506 e. The van der Waals surface area contributed by atoms with Crippen molar-refractivity contribution >= 4 is 46.4 Å². The maximum atomic E-state index is 9.36. The summed E-state index contributed by atoms with van der Waals surface area (Å²) in [7, 11) is 0. The van der Waals surface area contributed by atoms with Gasteiger partial charge in [0.1, 0.15) is 5.75 Å². The number of rotatable bonds is 1. The second-order valence-electron chi connectivity index (χ2n) is 3.38. The first kappa shape index (κ1) is 12.8. The summed E-state index contributed by atoms with van der Waals surface area (Å²) in [6, 6.07) is 8.01. The summed E-state index contributed by atoms with van der Waals surface area (Å²) in [5.41, 5.74) is 1.30. The second kappa shape index (κ2) is 4.95. The monoisotopic (exact) mass is 306 g/mol. The molecule has 5 heteroatoms. The van der Waals surface area contributed by atoms with E-state index in [2.05, 4.69) is 0 Å². The lowest BCUT2D eigenvalue weighted by Gasteiger charge is -2.09. The maximum Gasteiger partial charge on any atom is 0.134 e. The predicted octanol–water partition coefficient (Wildman–Crippen LogP) is 5.67. The van der Waals surface area contributed by atoms with Crippen LogP contribution in [0.3, 0.4) is 0 Å². The molecule has 2 rings (SSSR count). The summed E-state index contributed by atoms with van der Waals surface area (Å²) in [5, 5.41) is 10.8. The topological polar surface area (TPSA) is 20.2 Å². The number of phenolic OH excluding ortho intramolecular Hbond substituents is 1. The molecule has 0 amide bonds. The first-order chi connectivity index (χ1) is 8.00. The fourth-order valence-electron chi connectivity index (χ4n) is 1.45. The van der Waals surface area contributed by atoms with Gasteiger partial charge in [0.25, 0.3) is 0 Å². The molecule has 0 aliphatic carbocycles. The molecule has 0 saturated heterocycles. The molecule has 0 aromatic heterocycles. The molecule has 0 aliphatic heterocycles. The van der Waals surface area contributed by atoms with Gasteiger partial charge in [-0.2, -0.15) is 0 Å². The van der Waals surface area contributed by atoms with Crippen LogP contribution in [0.15, 0.2) is 30.3 Å². The third-order valence-corrected chi connectivity index (χ3v) is 3.70. The van der Waals surface area contributed by atoms with Crippen LogP contribution in [0, 0.1) is 0 Å². The van der Waals surface area contributed by atoms with Gasteiger partial charge >= 0.3 is 0 Å². The van der Waals surface area contributed by atoms with E-state index < -0.39 is 0 Å². The van der Waals surface area contributed by atoms with Crippen LogP contribution in [0.2, 0.25) is 20.1 Å². The highest BCUT2D eigenvalue weighted by atomic mass is 35.5. The van der Waals surface area contributed by atoms with Crippen molar-refractivity contribution in [3.05, 3.63) is 50.4 Å². The molecule has 0 saturated carbocycles. The van der Waals surface area contributed by atoms with Crippen LogP contribution in [-0.4, -0.2) is 5.11 Å². The van der Waals surface area contributed by atoms with E-state index in [1.807, 2.05) is 0 Å². The molecule has 17 heavy (non-hydrogen) atoms. The van der Waals surface area contributed by atoms with E-state index in [9.17, 15) is 5.11 Å². The fourth-order valence-corrected chi connectivity index (χ4v) is 2.38. The van der Waals surface area contributed by atoms with E-state index in [4.69, 9.17) is 46.4 Å². The van der Waals surface area contributed by atoms with Gasteiger partial charge in [-0.15, -0.1) is 0 Å². The lowest BCUT2D eigenvalue weighted by atomic mass is 10.1. The smallest absolute Gasteiger partial charge is 0.134 e. The fraction of sp³-hybridized carbons (Fsp3) is 0. The van der Waals surface area contributed by atoms with Gasteiger partial charge in [0, 0.05) is 10.6 Å². The summed E-state index contributed by atoms with van der Waals surface area (Å²) in [5.74, 6) is 0.00434. The highest BCUT2D eigenvalue weighted by Gasteiger charge is 2.13. The lowest BCUT2D eigenvalue weighted by Crippen LogP contribution is -1.83. The van der Waals surface area contributed by atoms with E-state index in [1.165, 1.54) is 6.07 Å². The van der Waals surface area contributed by atoms with E-state index in [0.29, 0.717) is 26.2 Å². The van der Waals surface area contributed by atoms with E-state index >= 15 is 0 Å². The van der Waals surface area contributed by atoms with Gasteiger partial charge in [0.15, 0.2) is 0 Å². The Bertz CT molecular complexity index is 581. The normalized spacial score (nSPS) is 10.6. The lowest BCUT2D eigenvalue weighted by molar-refractivity contribution is 0.475. The number of aromatic hydroxyl groups is 1. The number of hydrogen-bond acceptors (Lipinski definition) is 1. The van der Waals surface area contributed by atoms with E-state index in [1.54, 1.807) is 24.3 Å². The van der Waals surface area contributed by atoms with Gasteiger partial charge < -0.3 is 5.11 Å². The molecule has 88 valence electrons. The van der Waals surface area contributed by atoms with E-state index in [-0.39, 0.29) is 10.8 Å². The Labute approximate surface area is 118 Å². The number of halogens is 4. The molecular formula is C12H6Cl4O. The van der Waals surface area contributed by atoms with Gasteiger partial charge in [0.05, 0.1) is 15.1 Å². The summed E-state index contributed by atoms with van der Waals surface area (Å²) in [4.78, 5) is 0. The molecule has 0 spiro atoms. The third kappa shape index (κ3) is 2.48. The molecule has 2 aromatic carbocycles. The molecule has 0 bridgehead atoms. The Morgan fingerprint density at radius 3 is 2.06 bits per heavy atom. The molecular weight excluding hydrogens is 302 g/mol. The molecule has 0 atom stereocenters. The first-order valence-electron chi connectivity index (χ1n) is 4.63. The Morgan fingerprint density at radius 1 is 0.765 bits per heavy atom. The molecule has 1 N–H and O–H groups in total. The zero-order valence-corrected chi connectivity index (χ0v) is 11.4. The molecule has 1 nitrogen and oxygen atoms in total. The van der Waals surface area contributed by atoms with Gasteiger partial charge in [-0.3, -0.25) is 0 Å². The van der Waals surface area contributed by atoms with Crippen molar-refractivity contribution in [2.45, 2.75) is 0 Å². The van der Waals surface area contributed by atoms with Crippen LogP contribution in [0.1, 0.15) is 0 Å². The van der Waals surface area contributed by atoms with Crippen molar-refractivity contribution < 1.29 is 5.11 Å². The van der Waals surface area contributed by atoms with Gasteiger partial charge in [-0.1, -0.05) is 52.5 Å². The van der Waals surface area contributed by atoms with Crippen molar-refractivity contribution in [1.82, 2.24) is 0 Å². The number of hydrogen-bond donors (Lipinski definition) is 1. The average molecular weight is 308 g/mol. The minimum Gasteiger partial charge on any atom is -0.506 e. The second-order valence-corrected chi connectivity index (χ2v) is 4.98. The van der Waals surface area contributed by atoms with Gasteiger partial charge in [0.2, 0.25) is 0 Å². The van der Waals surface area contributed by atoms with Gasteiger partial charge in [-0.25, -0.2) is 0 Å². The quantitative estimate of drug-likeness (QED) is 0.673. The third-order valence-electron chi connectivity index (χ3n) is 2.28. The summed E-state index contributed by atoms with van der Waals surface area (Å²) >= 11 is 24.0. The zero-order chi connectivity index (χ0) is 12.6. The average Bonchev–Trinajstić information content (AvgIpc) is 2.29. The van der Waals surface area contributed by atoms with E-state index in [0.717, 1.165) is 0 Å². The maximum absolute atomic E-state index is 9.36. The molecule has 2 aromatic rings. The Kier molecular flexibility index (Phi) is 3.74. The van der Waals surface area contributed by atoms with Gasteiger partial charge in [-0.05, 0) is 29.8 Å². The van der Waals surface area contributed by atoms with Crippen LogP contribution in [0.4, 0.5) is 0 Å². The van der Waals surface area contributed by atoms with Crippen molar-refractivity contribution in [3.8, 4) is 16.9 Å². The van der Waals surface area contributed by atoms with Crippen LogP contribution < -0.4 is 0 Å². The molecule has 0 unspecified atom stereocenters. The number of phenols is 1. The first-order valence-corrected chi connectivity index (χ1v) is 6.14. The van der Waals surface area contributed by atoms with Crippen molar-refractivity contribution in [1.29, 1.82) is 0 Å². The van der Waals surface area contributed by atoms with Crippen molar-refractivity contribution in [2.75, 3.05) is 0 Å². The summed E-state index contributed by atoms with van der Waals surface area (Å²) < 4.78 is 0. The molecule has 0 fully saturated rings. The Hall–Kier alpha value is -0.600. The van der Waals surface area contributed by atoms with Crippen LogP contribution in [-0.2, 0) is 0 Å². The standard InChI is InChI=1S/C12H6Cl4O/c13-7-2-3-8(14)12(16)11(7)6-1-4-10(17)9(15)5-6/h1-5,17H.